The number of primary amides is 1. The molecule has 1 saturated heterocycles. The van der Waals surface area contributed by atoms with E-state index in [1.807, 2.05) is 0 Å². The molecule has 3 N–H and O–H groups in total. The number of carbonyl (C=O) groups excluding carboxylic acids is 2. The number of hydrogen-bond acceptors (Lipinski definition) is 2. The van der Waals surface area contributed by atoms with Crippen molar-refractivity contribution in [2.24, 2.45) is 5.73 Å². The van der Waals surface area contributed by atoms with Crippen LogP contribution >= 0.6 is 11.6 Å². The van der Waals surface area contributed by atoms with E-state index < -0.39 is 17.9 Å². The number of hydrogen-bond donors (Lipinski definition) is 2. The van der Waals surface area contributed by atoms with Gasteiger partial charge in [-0.25, -0.2) is 9.18 Å². The molecule has 1 aliphatic heterocycles. The SMILES string of the molecule is NC(=O)N1CCCC1C(=O)NCc1ccc(Cl)cc1F. The van der Waals surface area contributed by atoms with Crippen LogP contribution in [0.3, 0.4) is 0 Å². The van der Waals surface area contributed by atoms with Gasteiger partial charge in [0.1, 0.15) is 11.9 Å². The zero-order chi connectivity index (χ0) is 14.7. The molecule has 2 rings (SSSR count). The Hall–Kier alpha value is -1.82. The Balaban J connectivity index is 1.96. The van der Waals surface area contributed by atoms with Crippen molar-refractivity contribution >= 4 is 23.5 Å². The number of nitrogens with two attached hydrogens (primary N) is 1. The molecule has 1 heterocycles. The molecule has 1 atom stereocenters. The van der Waals surface area contributed by atoms with Gasteiger partial charge in [0.15, 0.2) is 0 Å². The monoisotopic (exact) mass is 299 g/mol. The Bertz CT molecular complexity index is 538. The number of rotatable bonds is 3. The van der Waals surface area contributed by atoms with E-state index in [1.54, 1.807) is 6.07 Å². The predicted molar refractivity (Wildman–Crippen MR) is 72.6 cm³/mol. The van der Waals surface area contributed by atoms with Gasteiger partial charge in [0.05, 0.1) is 0 Å². The van der Waals surface area contributed by atoms with E-state index >= 15 is 0 Å². The van der Waals surface area contributed by atoms with Gasteiger partial charge in [-0.3, -0.25) is 4.79 Å². The normalized spacial score (nSPS) is 18.1. The van der Waals surface area contributed by atoms with Gasteiger partial charge in [0.2, 0.25) is 5.91 Å². The maximum Gasteiger partial charge on any atom is 0.315 e. The minimum Gasteiger partial charge on any atom is -0.351 e. The maximum absolute atomic E-state index is 13.6. The van der Waals surface area contributed by atoms with E-state index in [9.17, 15) is 14.0 Å². The molecule has 0 saturated carbocycles. The summed E-state index contributed by atoms with van der Waals surface area (Å²) in [5.74, 6) is -0.799. The van der Waals surface area contributed by atoms with Gasteiger partial charge in [-0.2, -0.15) is 0 Å². The van der Waals surface area contributed by atoms with Crippen LogP contribution < -0.4 is 11.1 Å². The van der Waals surface area contributed by atoms with Crippen LogP contribution in [-0.2, 0) is 11.3 Å². The first-order valence-corrected chi connectivity index (χ1v) is 6.64. The van der Waals surface area contributed by atoms with Gasteiger partial charge in [0, 0.05) is 23.7 Å². The van der Waals surface area contributed by atoms with Crippen LogP contribution in [0.2, 0.25) is 5.02 Å². The molecule has 20 heavy (non-hydrogen) atoms. The van der Waals surface area contributed by atoms with E-state index in [-0.39, 0.29) is 12.5 Å². The molecule has 1 unspecified atom stereocenters. The summed E-state index contributed by atoms with van der Waals surface area (Å²) in [4.78, 5) is 24.5. The standard InChI is InChI=1S/C13H15ClFN3O2/c14-9-4-3-8(10(15)6-9)7-17-12(19)11-2-1-5-18(11)13(16)20/h3-4,6,11H,1-2,5,7H2,(H2,16,20)(H,17,19). The molecule has 3 amide bonds. The molecule has 0 aliphatic carbocycles. The van der Waals surface area contributed by atoms with Crippen molar-refractivity contribution in [2.75, 3.05) is 6.54 Å². The summed E-state index contributed by atoms with van der Waals surface area (Å²) >= 11 is 5.65. The quantitative estimate of drug-likeness (QED) is 0.890. The fourth-order valence-corrected chi connectivity index (χ4v) is 2.43. The fourth-order valence-electron chi connectivity index (χ4n) is 2.27. The van der Waals surface area contributed by atoms with Crippen molar-refractivity contribution in [3.8, 4) is 0 Å². The molecule has 5 nitrogen and oxygen atoms in total. The van der Waals surface area contributed by atoms with E-state index in [0.29, 0.717) is 23.6 Å². The molecule has 1 aromatic carbocycles. The topological polar surface area (TPSA) is 75.4 Å². The molecule has 0 aromatic heterocycles. The van der Waals surface area contributed by atoms with Crippen LogP contribution in [-0.4, -0.2) is 29.4 Å². The summed E-state index contributed by atoms with van der Waals surface area (Å²) in [6.07, 6.45) is 1.30. The number of nitrogens with one attached hydrogen (secondary N) is 1. The highest BCUT2D eigenvalue weighted by Gasteiger charge is 2.32. The molecule has 7 heteroatoms. The minimum absolute atomic E-state index is 0.0466. The Morgan fingerprint density at radius 3 is 2.90 bits per heavy atom. The summed E-state index contributed by atoms with van der Waals surface area (Å²) < 4.78 is 13.6. The lowest BCUT2D eigenvalue weighted by Crippen LogP contribution is -2.47. The highest BCUT2D eigenvalue weighted by molar-refractivity contribution is 6.30. The zero-order valence-corrected chi connectivity index (χ0v) is 11.5. The molecule has 0 bridgehead atoms. The van der Waals surface area contributed by atoms with Gasteiger partial charge in [0.25, 0.3) is 0 Å². The van der Waals surface area contributed by atoms with Crippen molar-refractivity contribution in [3.05, 3.63) is 34.6 Å². The summed E-state index contributed by atoms with van der Waals surface area (Å²) in [7, 11) is 0. The van der Waals surface area contributed by atoms with E-state index in [4.69, 9.17) is 17.3 Å². The van der Waals surface area contributed by atoms with E-state index in [2.05, 4.69) is 5.32 Å². The Morgan fingerprint density at radius 1 is 1.50 bits per heavy atom. The summed E-state index contributed by atoms with van der Waals surface area (Å²) in [6.45, 7) is 0.521. The van der Waals surface area contributed by atoms with Gasteiger partial charge >= 0.3 is 6.03 Å². The Labute approximate surface area is 120 Å². The lowest BCUT2D eigenvalue weighted by atomic mass is 10.2. The molecule has 1 aliphatic rings. The first-order chi connectivity index (χ1) is 9.49. The van der Waals surface area contributed by atoms with Crippen molar-refractivity contribution < 1.29 is 14.0 Å². The van der Waals surface area contributed by atoms with Crippen molar-refractivity contribution in [1.29, 1.82) is 0 Å². The maximum atomic E-state index is 13.6. The van der Waals surface area contributed by atoms with Crippen LogP contribution in [0.1, 0.15) is 18.4 Å². The average Bonchev–Trinajstić information content (AvgIpc) is 2.86. The van der Waals surface area contributed by atoms with Crippen LogP contribution in [0.4, 0.5) is 9.18 Å². The molecule has 108 valence electrons. The number of benzene rings is 1. The number of nitrogens with zero attached hydrogens (tertiary/aromatic N) is 1. The van der Waals surface area contributed by atoms with Gasteiger partial charge in [-0.05, 0) is 25.0 Å². The average molecular weight is 300 g/mol. The number of urea groups is 1. The molecule has 1 fully saturated rings. The van der Waals surface area contributed by atoms with Crippen molar-refractivity contribution in [2.45, 2.75) is 25.4 Å². The van der Waals surface area contributed by atoms with Crippen LogP contribution in [0, 0.1) is 5.82 Å². The van der Waals surface area contributed by atoms with Gasteiger partial charge < -0.3 is 16.0 Å². The summed E-state index contributed by atoms with van der Waals surface area (Å²) in [5.41, 5.74) is 5.55. The van der Waals surface area contributed by atoms with Crippen molar-refractivity contribution in [1.82, 2.24) is 10.2 Å². The molecule has 0 radical (unpaired) electrons. The number of likely N-dealkylation sites (tertiary alicyclic amines) is 1. The molecular formula is C13H15ClFN3O2. The second kappa shape index (κ2) is 6.09. The van der Waals surface area contributed by atoms with Crippen LogP contribution in [0.15, 0.2) is 18.2 Å². The van der Waals surface area contributed by atoms with Crippen LogP contribution in [0.5, 0.6) is 0 Å². The third-order valence-corrected chi connectivity index (χ3v) is 3.54. The fraction of sp³-hybridized carbons (Fsp3) is 0.385. The van der Waals surface area contributed by atoms with E-state index in [0.717, 1.165) is 6.42 Å². The third-order valence-electron chi connectivity index (χ3n) is 3.31. The predicted octanol–water partition coefficient (Wildman–Crippen LogP) is 1.64. The first kappa shape index (κ1) is 14.6. The number of halogens is 2. The summed E-state index contributed by atoms with van der Waals surface area (Å²) in [6, 6.07) is 3.08. The Kier molecular flexibility index (Phi) is 4.44. The van der Waals surface area contributed by atoms with E-state index in [1.165, 1.54) is 17.0 Å². The van der Waals surface area contributed by atoms with Crippen molar-refractivity contribution in [3.63, 3.8) is 0 Å². The zero-order valence-electron chi connectivity index (χ0n) is 10.7. The molecule has 1 aromatic rings. The first-order valence-electron chi connectivity index (χ1n) is 6.26. The summed E-state index contributed by atoms with van der Waals surface area (Å²) in [5, 5.41) is 2.91. The highest BCUT2D eigenvalue weighted by Crippen LogP contribution is 2.18. The largest absolute Gasteiger partial charge is 0.351 e. The minimum atomic E-state index is -0.611. The van der Waals surface area contributed by atoms with Gasteiger partial charge in [-0.1, -0.05) is 17.7 Å². The van der Waals surface area contributed by atoms with Gasteiger partial charge in [-0.15, -0.1) is 0 Å². The number of amides is 3. The molecular weight excluding hydrogens is 285 g/mol. The second-order valence-electron chi connectivity index (χ2n) is 4.64. The lowest BCUT2D eigenvalue weighted by Gasteiger charge is -2.21. The molecule has 0 spiro atoms. The second-order valence-corrected chi connectivity index (χ2v) is 5.08. The highest BCUT2D eigenvalue weighted by atomic mass is 35.5. The lowest BCUT2D eigenvalue weighted by molar-refractivity contribution is -0.124. The van der Waals surface area contributed by atoms with Crippen LogP contribution in [0.25, 0.3) is 0 Å². The third kappa shape index (κ3) is 3.19. The number of carbonyl (C=O) groups is 2. The Morgan fingerprint density at radius 2 is 2.25 bits per heavy atom. The smallest absolute Gasteiger partial charge is 0.315 e.